The summed E-state index contributed by atoms with van der Waals surface area (Å²) in [5.74, 6) is 0. The van der Waals surface area contributed by atoms with Crippen LogP contribution in [-0.2, 0) is 28.0 Å². The highest BCUT2D eigenvalue weighted by molar-refractivity contribution is 7.38. The second-order valence-corrected chi connectivity index (χ2v) is 5.29. The molecule has 0 N–H and O–H groups in total. The third-order valence-corrected chi connectivity index (χ3v) is 2.79. The summed E-state index contributed by atoms with van der Waals surface area (Å²) in [5, 5.41) is 0. The molecule has 3 unspecified atom stereocenters. The van der Waals surface area contributed by atoms with Gasteiger partial charge in [-0.2, -0.15) is 0 Å². The second-order valence-electron chi connectivity index (χ2n) is 4.15. The summed E-state index contributed by atoms with van der Waals surface area (Å²) >= 11 is 0. The molecule has 0 aromatic rings. The molecule has 6 nitrogen and oxygen atoms in total. The van der Waals surface area contributed by atoms with Crippen molar-refractivity contribution in [3.05, 3.63) is 0 Å². The Morgan fingerprint density at radius 3 is 2.21 bits per heavy atom. The molecule has 114 valence electrons. The fourth-order valence-electron chi connectivity index (χ4n) is 1.11. The molecule has 0 radical (unpaired) electrons. The molecule has 7 heteroatoms. The van der Waals surface area contributed by atoms with E-state index in [9.17, 15) is 4.57 Å². The molecule has 0 rings (SSSR count). The molecule has 0 saturated carbocycles. The molecule has 0 heterocycles. The zero-order valence-electron chi connectivity index (χ0n) is 12.3. The molecule has 0 spiro atoms. The van der Waals surface area contributed by atoms with Crippen LogP contribution in [0.25, 0.3) is 0 Å². The van der Waals surface area contributed by atoms with E-state index in [0.717, 1.165) is 0 Å². The van der Waals surface area contributed by atoms with Crippen LogP contribution in [0.2, 0.25) is 0 Å². The van der Waals surface area contributed by atoms with Gasteiger partial charge in [-0.3, -0.25) is 0 Å². The van der Waals surface area contributed by atoms with Gasteiger partial charge in [0.25, 0.3) is 0 Å². The molecule has 0 amide bonds. The van der Waals surface area contributed by atoms with E-state index in [1.807, 2.05) is 13.8 Å². The highest BCUT2D eigenvalue weighted by Crippen LogP contribution is 2.13. The van der Waals surface area contributed by atoms with Gasteiger partial charge in [-0.25, -0.2) is 0 Å². The summed E-state index contributed by atoms with van der Waals surface area (Å²) in [6.45, 7) is 8.28. The number of rotatable bonds is 13. The molecular weight excluding hydrogens is 271 g/mol. The van der Waals surface area contributed by atoms with Crippen LogP contribution in [0.4, 0.5) is 0 Å². The molecule has 0 aromatic carbocycles. The average molecular weight is 297 g/mol. The van der Waals surface area contributed by atoms with Gasteiger partial charge in [-0.05, 0) is 18.4 Å². The van der Waals surface area contributed by atoms with Gasteiger partial charge >= 0.3 is 8.03 Å². The van der Waals surface area contributed by atoms with Gasteiger partial charge in [-0.15, -0.1) is 4.52 Å². The lowest BCUT2D eigenvalue weighted by atomic mass is 10.4. The van der Waals surface area contributed by atoms with E-state index in [2.05, 4.69) is 0 Å². The standard InChI is InChI=1S/C12H26O6P/c1-11(14-3)10-17-12(2)9-16-6-5-15-7-8-18-19(4)13/h11-12H,5-10H2,1-4H3/q+1. The topological polar surface area (TPSA) is 63.2 Å². The lowest BCUT2D eigenvalue weighted by Crippen LogP contribution is -2.23. The summed E-state index contributed by atoms with van der Waals surface area (Å²) in [7, 11) is 0.122. The van der Waals surface area contributed by atoms with Crippen molar-refractivity contribution in [3.63, 3.8) is 0 Å². The first-order valence-electron chi connectivity index (χ1n) is 6.40. The minimum absolute atomic E-state index is 0.0325. The molecule has 3 atom stereocenters. The summed E-state index contributed by atoms with van der Waals surface area (Å²) in [5.41, 5.74) is 0. The Morgan fingerprint density at radius 1 is 0.947 bits per heavy atom. The normalized spacial score (nSPS) is 15.3. The Labute approximate surface area is 116 Å². The van der Waals surface area contributed by atoms with Crippen molar-refractivity contribution < 1.29 is 28.0 Å². The van der Waals surface area contributed by atoms with E-state index in [-0.39, 0.29) is 12.2 Å². The van der Waals surface area contributed by atoms with Crippen LogP contribution in [0.5, 0.6) is 0 Å². The monoisotopic (exact) mass is 297 g/mol. The van der Waals surface area contributed by atoms with Gasteiger partial charge < -0.3 is 18.9 Å². The lowest BCUT2D eigenvalue weighted by Gasteiger charge is -2.16. The minimum Gasteiger partial charge on any atom is -0.379 e. The molecule has 0 aliphatic rings. The molecule has 0 saturated heterocycles. The molecule has 0 aromatic heterocycles. The number of ether oxygens (including phenoxy) is 4. The maximum Gasteiger partial charge on any atom is 0.504 e. The molecule has 0 aliphatic carbocycles. The molecule has 0 fully saturated rings. The van der Waals surface area contributed by atoms with E-state index in [1.54, 1.807) is 7.11 Å². The third-order valence-electron chi connectivity index (χ3n) is 2.24. The lowest BCUT2D eigenvalue weighted by molar-refractivity contribution is -0.0541. The smallest absolute Gasteiger partial charge is 0.379 e. The fraction of sp³-hybridized carbons (Fsp3) is 1.00. The van der Waals surface area contributed by atoms with Gasteiger partial charge in [0.1, 0.15) is 6.61 Å². The van der Waals surface area contributed by atoms with Crippen LogP contribution < -0.4 is 0 Å². The van der Waals surface area contributed by atoms with E-state index in [4.69, 9.17) is 23.5 Å². The van der Waals surface area contributed by atoms with Crippen molar-refractivity contribution in [2.45, 2.75) is 26.1 Å². The van der Waals surface area contributed by atoms with Crippen LogP contribution in [-0.4, -0.2) is 65.6 Å². The Bertz CT molecular complexity index is 226. The summed E-state index contributed by atoms with van der Waals surface area (Å²) < 4.78 is 36.7. The Hall–Kier alpha value is -0.100. The predicted molar refractivity (Wildman–Crippen MR) is 73.0 cm³/mol. The van der Waals surface area contributed by atoms with Gasteiger partial charge in [0.15, 0.2) is 6.66 Å². The van der Waals surface area contributed by atoms with Gasteiger partial charge in [0.05, 0.1) is 45.2 Å². The van der Waals surface area contributed by atoms with Crippen molar-refractivity contribution in [1.82, 2.24) is 0 Å². The number of hydrogen-bond acceptors (Lipinski definition) is 6. The van der Waals surface area contributed by atoms with E-state index >= 15 is 0 Å². The van der Waals surface area contributed by atoms with E-state index in [0.29, 0.717) is 39.6 Å². The molecule has 0 aliphatic heterocycles. The number of hydrogen-bond donors (Lipinski definition) is 0. The molecule has 0 bridgehead atoms. The van der Waals surface area contributed by atoms with Crippen LogP contribution in [0, 0.1) is 0 Å². The van der Waals surface area contributed by atoms with Crippen molar-refractivity contribution >= 4 is 8.03 Å². The zero-order chi connectivity index (χ0) is 14.5. The van der Waals surface area contributed by atoms with Gasteiger partial charge in [0, 0.05) is 7.11 Å². The third kappa shape index (κ3) is 14.1. The van der Waals surface area contributed by atoms with Crippen molar-refractivity contribution in [1.29, 1.82) is 0 Å². The maximum atomic E-state index is 10.6. The highest BCUT2D eigenvalue weighted by Gasteiger charge is 2.06. The van der Waals surface area contributed by atoms with E-state index in [1.165, 1.54) is 6.66 Å². The highest BCUT2D eigenvalue weighted by atomic mass is 31.1. The van der Waals surface area contributed by atoms with Crippen molar-refractivity contribution in [2.24, 2.45) is 0 Å². The minimum atomic E-state index is -1.54. The van der Waals surface area contributed by atoms with Crippen LogP contribution in [0.15, 0.2) is 0 Å². The van der Waals surface area contributed by atoms with Gasteiger partial charge in [0.2, 0.25) is 0 Å². The summed E-state index contributed by atoms with van der Waals surface area (Å²) in [4.78, 5) is 0. The van der Waals surface area contributed by atoms with Crippen molar-refractivity contribution in [2.75, 3.05) is 53.4 Å². The van der Waals surface area contributed by atoms with E-state index < -0.39 is 8.03 Å². The first-order chi connectivity index (χ1) is 9.06. The average Bonchev–Trinajstić information content (AvgIpc) is 2.38. The first-order valence-corrected chi connectivity index (χ1v) is 8.02. The Morgan fingerprint density at radius 2 is 1.58 bits per heavy atom. The van der Waals surface area contributed by atoms with Crippen LogP contribution in [0.1, 0.15) is 13.8 Å². The Kier molecular flexibility index (Phi) is 12.8. The zero-order valence-corrected chi connectivity index (χ0v) is 13.2. The molecule has 19 heavy (non-hydrogen) atoms. The number of methoxy groups -OCH3 is 1. The SMILES string of the molecule is COC(C)COC(C)COCCOCCO[P+](C)=O. The second kappa shape index (κ2) is 12.9. The Balaban J connectivity index is 3.22. The maximum absolute atomic E-state index is 10.6. The van der Waals surface area contributed by atoms with Gasteiger partial charge in [-0.1, -0.05) is 0 Å². The van der Waals surface area contributed by atoms with Crippen LogP contribution in [0.3, 0.4) is 0 Å². The predicted octanol–water partition coefficient (Wildman–Crippen LogP) is 1.85. The largest absolute Gasteiger partial charge is 0.504 e. The van der Waals surface area contributed by atoms with Crippen LogP contribution >= 0.6 is 8.03 Å². The van der Waals surface area contributed by atoms with Crippen molar-refractivity contribution in [3.8, 4) is 0 Å². The molecular formula is C12H26O6P+. The quantitative estimate of drug-likeness (QED) is 0.382. The first kappa shape index (κ1) is 18.9. The fourth-order valence-corrected chi connectivity index (χ4v) is 1.44. The summed E-state index contributed by atoms with van der Waals surface area (Å²) in [6.07, 6.45) is 0.126. The summed E-state index contributed by atoms with van der Waals surface area (Å²) in [6, 6.07) is 0.